The molecular weight excluding hydrogens is 352 g/mol. The van der Waals surface area contributed by atoms with Crippen LogP contribution in [-0.2, 0) is 0 Å². The van der Waals surface area contributed by atoms with E-state index in [1.54, 1.807) is 5.57 Å². The van der Waals surface area contributed by atoms with E-state index >= 15 is 0 Å². The smallest absolute Gasteiger partial charge is 0.119 e. The SMILES string of the molecule is CCCOc1ccc(C(CCC2(CCC)CCCCC2)CC2=CCCCC2)cc1. The van der Waals surface area contributed by atoms with Gasteiger partial charge in [0, 0.05) is 0 Å². The fraction of sp³-hybridized carbons (Fsp3) is 0.714. The Balaban J connectivity index is 1.70. The number of hydrogen-bond acceptors (Lipinski definition) is 1. The van der Waals surface area contributed by atoms with Crippen LogP contribution in [0.25, 0.3) is 0 Å². The molecule has 1 unspecified atom stereocenters. The lowest BCUT2D eigenvalue weighted by molar-refractivity contribution is 0.147. The van der Waals surface area contributed by atoms with Crippen LogP contribution in [0.4, 0.5) is 0 Å². The number of hydrogen-bond donors (Lipinski definition) is 0. The number of allylic oxidation sites excluding steroid dienone is 2. The summed E-state index contributed by atoms with van der Waals surface area (Å²) in [5.41, 5.74) is 3.89. The van der Waals surface area contributed by atoms with Gasteiger partial charge in [0.05, 0.1) is 6.61 Å². The first kappa shape index (κ1) is 22.4. The second kappa shape index (κ2) is 11.8. The third kappa shape index (κ3) is 6.90. The van der Waals surface area contributed by atoms with Crippen molar-refractivity contribution in [2.45, 2.75) is 116 Å². The van der Waals surface area contributed by atoms with Crippen LogP contribution >= 0.6 is 0 Å². The molecule has 1 heteroatoms. The molecule has 162 valence electrons. The Kier molecular flexibility index (Phi) is 9.15. The van der Waals surface area contributed by atoms with E-state index in [0.29, 0.717) is 11.3 Å². The van der Waals surface area contributed by atoms with Crippen molar-refractivity contribution < 1.29 is 4.74 Å². The van der Waals surface area contributed by atoms with E-state index in [1.165, 1.54) is 95.5 Å². The highest BCUT2D eigenvalue weighted by molar-refractivity contribution is 5.30. The number of benzene rings is 1. The number of ether oxygens (including phenoxy) is 1. The fourth-order valence-corrected chi connectivity index (χ4v) is 5.79. The fourth-order valence-electron chi connectivity index (χ4n) is 5.79. The van der Waals surface area contributed by atoms with E-state index in [4.69, 9.17) is 4.74 Å². The topological polar surface area (TPSA) is 9.23 Å². The van der Waals surface area contributed by atoms with Gasteiger partial charge in [-0.05, 0) is 99.7 Å². The lowest BCUT2D eigenvalue weighted by atomic mass is 9.67. The van der Waals surface area contributed by atoms with Gasteiger partial charge in [0.1, 0.15) is 5.75 Å². The van der Waals surface area contributed by atoms with Crippen molar-refractivity contribution in [1.29, 1.82) is 0 Å². The van der Waals surface area contributed by atoms with Crippen molar-refractivity contribution in [3.05, 3.63) is 41.5 Å². The molecule has 1 fully saturated rings. The van der Waals surface area contributed by atoms with Crippen LogP contribution in [-0.4, -0.2) is 6.61 Å². The quantitative estimate of drug-likeness (QED) is 0.339. The summed E-state index contributed by atoms with van der Waals surface area (Å²) in [6.07, 6.45) is 23.2. The summed E-state index contributed by atoms with van der Waals surface area (Å²) in [6, 6.07) is 9.12. The first-order chi connectivity index (χ1) is 14.2. The predicted octanol–water partition coefficient (Wildman–Crippen LogP) is 8.98. The van der Waals surface area contributed by atoms with Gasteiger partial charge >= 0.3 is 0 Å². The van der Waals surface area contributed by atoms with Crippen molar-refractivity contribution in [3.63, 3.8) is 0 Å². The Morgan fingerprint density at radius 1 is 0.897 bits per heavy atom. The number of rotatable bonds is 11. The molecule has 0 radical (unpaired) electrons. The van der Waals surface area contributed by atoms with Crippen LogP contribution in [0.3, 0.4) is 0 Å². The Labute approximate surface area is 180 Å². The van der Waals surface area contributed by atoms with E-state index in [1.807, 2.05) is 0 Å². The first-order valence-corrected chi connectivity index (χ1v) is 12.7. The largest absolute Gasteiger partial charge is 0.494 e. The highest BCUT2D eigenvalue weighted by Gasteiger charge is 2.31. The zero-order valence-electron chi connectivity index (χ0n) is 19.2. The maximum Gasteiger partial charge on any atom is 0.119 e. The van der Waals surface area contributed by atoms with Crippen LogP contribution in [0, 0.1) is 5.41 Å². The molecule has 2 aliphatic rings. The van der Waals surface area contributed by atoms with Gasteiger partial charge in [0.25, 0.3) is 0 Å². The second-order valence-corrected chi connectivity index (χ2v) is 9.78. The molecule has 0 bridgehead atoms. The van der Waals surface area contributed by atoms with Gasteiger partial charge < -0.3 is 4.74 Å². The third-order valence-corrected chi connectivity index (χ3v) is 7.44. The van der Waals surface area contributed by atoms with Crippen LogP contribution in [0.1, 0.15) is 122 Å². The standard InChI is InChI=1S/C28H44O/c1-3-18-28(19-9-6-10-20-28)21-17-26(23-24-11-7-5-8-12-24)25-13-15-27(16-14-25)29-22-4-2/h11,13-16,26H,3-10,12,17-23H2,1-2H3. The van der Waals surface area contributed by atoms with E-state index in [9.17, 15) is 0 Å². The Hall–Kier alpha value is -1.24. The molecule has 0 amide bonds. The third-order valence-electron chi connectivity index (χ3n) is 7.44. The van der Waals surface area contributed by atoms with Crippen molar-refractivity contribution >= 4 is 0 Å². The van der Waals surface area contributed by atoms with Gasteiger partial charge in [-0.1, -0.05) is 63.3 Å². The van der Waals surface area contributed by atoms with Gasteiger partial charge in [0.15, 0.2) is 0 Å². The normalized spacial score (nSPS) is 20.1. The molecule has 1 atom stereocenters. The molecule has 1 saturated carbocycles. The summed E-state index contributed by atoms with van der Waals surface area (Å²) in [5, 5.41) is 0. The molecule has 2 aliphatic carbocycles. The Morgan fingerprint density at radius 2 is 1.69 bits per heavy atom. The van der Waals surface area contributed by atoms with Gasteiger partial charge in [0.2, 0.25) is 0 Å². The molecule has 3 rings (SSSR count). The summed E-state index contributed by atoms with van der Waals surface area (Å²) in [7, 11) is 0. The lowest BCUT2D eigenvalue weighted by Gasteiger charge is -2.38. The van der Waals surface area contributed by atoms with Crippen molar-refractivity contribution in [2.24, 2.45) is 5.41 Å². The second-order valence-electron chi connectivity index (χ2n) is 9.78. The maximum absolute atomic E-state index is 5.83. The molecule has 1 aromatic rings. The van der Waals surface area contributed by atoms with Crippen LogP contribution in [0.2, 0.25) is 0 Å². The van der Waals surface area contributed by atoms with Crippen molar-refractivity contribution in [2.75, 3.05) is 6.61 Å². The average molecular weight is 397 g/mol. The zero-order valence-corrected chi connectivity index (χ0v) is 19.2. The average Bonchev–Trinajstić information content (AvgIpc) is 2.77. The van der Waals surface area contributed by atoms with Crippen LogP contribution in [0.5, 0.6) is 5.75 Å². The van der Waals surface area contributed by atoms with E-state index in [0.717, 1.165) is 18.8 Å². The van der Waals surface area contributed by atoms with E-state index < -0.39 is 0 Å². The minimum Gasteiger partial charge on any atom is -0.494 e. The van der Waals surface area contributed by atoms with Gasteiger partial charge in [-0.2, -0.15) is 0 Å². The van der Waals surface area contributed by atoms with Crippen LogP contribution < -0.4 is 4.74 Å². The summed E-state index contributed by atoms with van der Waals surface area (Å²) in [6.45, 7) is 5.37. The lowest BCUT2D eigenvalue weighted by Crippen LogP contribution is -2.25. The predicted molar refractivity (Wildman–Crippen MR) is 126 cm³/mol. The minimum absolute atomic E-state index is 0.635. The van der Waals surface area contributed by atoms with E-state index in [-0.39, 0.29) is 0 Å². The molecule has 0 saturated heterocycles. The molecule has 0 spiro atoms. The zero-order chi connectivity index (χ0) is 20.4. The summed E-state index contributed by atoms with van der Waals surface area (Å²) < 4.78 is 5.83. The van der Waals surface area contributed by atoms with Gasteiger partial charge in [-0.3, -0.25) is 0 Å². The monoisotopic (exact) mass is 396 g/mol. The molecule has 0 aromatic heterocycles. The Bertz CT molecular complexity index is 600. The molecule has 29 heavy (non-hydrogen) atoms. The van der Waals surface area contributed by atoms with E-state index in [2.05, 4.69) is 44.2 Å². The molecule has 0 aliphatic heterocycles. The summed E-state index contributed by atoms with van der Waals surface area (Å²) in [5.74, 6) is 1.70. The maximum atomic E-state index is 5.83. The molecular formula is C28H44O. The molecule has 1 nitrogen and oxygen atoms in total. The summed E-state index contributed by atoms with van der Waals surface area (Å²) in [4.78, 5) is 0. The molecule has 1 aromatic carbocycles. The first-order valence-electron chi connectivity index (χ1n) is 12.7. The van der Waals surface area contributed by atoms with Crippen LogP contribution in [0.15, 0.2) is 35.9 Å². The highest BCUT2D eigenvalue weighted by atomic mass is 16.5. The Morgan fingerprint density at radius 3 is 2.34 bits per heavy atom. The van der Waals surface area contributed by atoms with Crippen molar-refractivity contribution in [1.82, 2.24) is 0 Å². The minimum atomic E-state index is 0.635. The van der Waals surface area contributed by atoms with Crippen molar-refractivity contribution in [3.8, 4) is 5.75 Å². The van der Waals surface area contributed by atoms with Gasteiger partial charge in [-0.25, -0.2) is 0 Å². The van der Waals surface area contributed by atoms with Gasteiger partial charge in [-0.15, -0.1) is 0 Å². The molecule has 0 heterocycles. The summed E-state index contributed by atoms with van der Waals surface area (Å²) >= 11 is 0. The molecule has 0 N–H and O–H groups in total. The highest BCUT2D eigenvalue weighted by Crippen LogP contribution is 2.46.